The maximum Gasteiger partial charge on any atom is 0.311 e. The topological polar surface area (TPSA) is 52.6 Å². The van der Waals surface area contributed by atoms with Crippen molar-refractivity contribution in [2.45, 2.75) is 33.6 Å². The molecule has 1 aliphatic heterocycles. The minimum absolute atomic E-state index is 0.111. The van der Waals surface area contributed by atoms with E-state index in [9.17, 15) is 9.59 Å². The number of Topliss-reactive ketones (excluding diaryl/α,β-unsaturated/α-hetero) is 1. The van der Waals surface area contributed by atoms with Crippen molar-refractivity contribution in [2.24, 2.45) is 5.41 Å². The molecule has 0 bridgehead atoms. The van der Waals surface area contributed by atoms with Gasteiger partial charge in [-0.2, -0.15) is 0 Å². The fourth-order valence-corrected chi connectivity index (χ4v) is 1.94. The Labute approximate surface area is 119 Å². The Kier molecular flexibility index (Phi) is 4.12. The highest BCUT2D eigenvalue weighted by molar-refractivity contribution is 5.99. The number of hydrogen-bond donors (Lipinski definition) is 0. The van der Waals surface area contributed by atoms with Gasteiger partial charge in [-0.25, -0.2) is 0 Å². The highest BCUT2D eigenvalue weighted by Crippen LogP contribution is 2.26. The van der Waals surface area contributed by atoms with Crippen LogP contribution in [0.2, 0.25) is 0 Å². The van der Waals surface area contributed by atoms with Crippen LogP contribution >= 0.6 is 0 Å². The zero-order valence-corrected chi connectivity index (χ0v) is 12.2. The molecule has 0 amide bonds. The summed E-state index contributed by atoms with van der Waals surface area (Å²) < 4.78 is 10.7. The number of carbonyl (C=O) groups excluding carboxylic acids is 2. The zero-order chi connectivity index (χ0) is 14.8. The van der Waals surface area contributed by atoms with Crippen LogP contribution in [-0.4, -0.2) is 25.0 Å². The molecule has 1 heterocycles. The molecule has 2 rings (SSSR count). The van der Waals surface area contributed by atoms with Crippen LogP contribution in [0.1, 0.15) is 43.1 Å². The Morgan fingerprint density at radius 1 is 1.35 bits per heavy atom. The molecule has 0 fully saturated rings. The van der Waals surface area contributed by atoms with Gasteiger partial charge in [0.25, 0.3) is 0 Å². The fourth-order valence-electron chi connectivity index (χ4n) is 1.94. The van der Waals surface area contributed by atoms with Crippen molar-refractivity contribution in [3.8, 4) is 5.75 Å². The maximum absolute atomic E-state index is 11.8. The summed E-state index contributed by atoms with van der Waals surface area (Å²) in [5.41, 5.74) is 1.12. The smallest absolute Gasteiger partial charge is 0.311 e. The molecule has 0 aliphatic carbocycles. The van der Waals surface area contributed by atoms with Crippen molar-refractivity contribution in [3.63, 3.8) is 0 Å². The second kappa shape index (κ2) is 5.65. The number of carbonyl (C=O) groups is 2. The third-order valence-corrected chi connectivity index (χ3v) is 3.17. The number of rotatable bonds is 3. The summed E-state index contributed by atoms with van der Waals surface area (Å²) in [5.74, 6) is 0.548. The summed E-state index contributed by atoms with van der Waals surface area (Å²) in [6, 6.07) is 5.55. The molecule has 4 nitrogen and oxygen atoms in total. The molecule has 20 heavy (non-hydrogen) atoms. The summed E-state index contributed by atoms with van der Waals surface area (Å²) in [7, 11) is 0. The van der Waals surface area contributed by atoms with Gasteiger partial charge in [0.2, 0.25) is 0 Å². The van der Waals surface area contributed by atoms with Gasteiger partial charge in [0, 0.05) is 12.8 Å². The highest BCUT2D eigenvalue weighted by Gasteiger charge is 2.23. The van der Waals surface area contributed by atoms with Crippen molar-refractivity contribution in [3.05, 3.63) is 29.3 Å². The number of esters is 1. The molecular weight excluding hydrogens is 256 g/mol. The first-order valence-electron chi connectivity index (χ1n) is 6.84. The second-order valence-electron chi connectivity index (χ2n) is 5.99. The van der Waals surface area contributed by atoms with E-state index < -0.39 is 5.41 Å². The van der Waals surface area contributed by atoms with Crippen LogP contribution in [0.4, 0.5) is 0 Å². The largest absolute Gasteiger partial charge is 0.492 e. The normalized spacial score (nSPS) is 14.4. The molecule has 1 aliphatic rings. The van der Waals surface area contributed by atoms with Gasteiger partial charge in [-0.1, -0.05) is 6.07 Å². The van der Waals surface area contributed by atoms with Gasteiger partial charge in [-0.3, -0.25) is 9.59 Å². The van der Waals surface area contributed by atoms with Crippen LogP contribution in [0, 0.1) is 5.41 Å². The fraction of sp³-hybridized carbons (Fsp3) is 0.500. The van der Waals surface area contributed by atoms with E-state index in [2.05, 4.69) is 0 Å². The van der Waals surface area contributed by atoms with E-state index >= 15 is 0 Å². The van der Waals surface area contributed by atoms with E-state index in [0.717, 1.165) is 5.56 Å². The Morgan fingerprint density at radius 2 is 2.10 bits per heavy atom. The van der Waals surface area contributed by atoms with Crippen molar-refractivity contribution in [2.75, 3.05) is 13.2 Å². The highest BCUT2D eigenvalue weighted by atomic mass is 16.5. The standard InChI is InChI=1S/C16H20O4/c1-16(2,3)15(18)20-8-6-11-4-5-14-12(10-11)13(17)7-9-19-14/h4-5,10H,6-9H2,1-3H3. The Morgan fingerprint density at radius 3 is 2.80 bits per heavy atom. The zero-order valence-electron chi connectivity index (χ0n) is 12.2. The third-order valence-electron chi connectivity index (χ3n) is 3.17. The molecule has 0 atom stereocenters. The second-order valence-corrected chi connectivity index (χ2v) is 5.99. The van der Waals surface area contributed by atoms with E-state index in [1.54, 1.807) is 0 Å². The van der Waals surface area contributed by atoms with Crippen LogP contribution in [0.15, 0.2) is 18.2 Å². The number of ketones is 1. The molecule has 0 N–H and O–H groups in total. The van der Waals surface area contributed by atoms with Gasteiger partial charge in [0.05, 0.1) is 24.2 Å². The van der Waals surface area contributed by atoms with Crippen molar-refractivity contribution < 1.29 is 19.1 Å². The number of ether oxygens (including phenoxy) is 2. The van der Waals surface area contributed by atoms with Crippen LogP contribution in [0.3, 0.4) is 0 Å². The Balaban J connectivity index is 1.96. The van der Waals surface area contributed by atoms with Gasteiger partial charge in [0.15, 0.2) is 5.78 Å². The molecule has 1 aromatic carbocycles. The van der Waals surface area contributed by atoms with Gasteiger partial charge < -0.3 is 9.47 Å². The lowest BCUT2D eigenvalue weighted by Gasteiger charge is -2.18. The monoisotopic (exact) mass is 276 g/mol. The van der Waals surface area contributed by atoms with Crippen LogP contribution in [0.25, 0.3) is 0 Å². The quantitative estimate of drug-likeness (QED) is 0.797. The number of benzene rings is 1. The van der Waals surface area contributed by atoms with Gasteiger partial charge in [0.1, 0.15) is 5.75 Å². The molecule has 0 saturated carbocycles. The Bertz CT molecular complexity index is 526. The third kappa shape index (κ3) is 3.38. The average Bonchev–Trinajstić information content (AvgIpc) is 2.38. The van der Waals surface area contributed by atoms with Crippen LogP contribution < -0.4 is 4.74 Å². The van der Waals surface area contributed by atoms with E-state index in [0.29, 0.717) is 37.4 Å². The molecule has 108 valence electrons. The summed E-state index contributed by atoms with van der Waals surface area (Å²) in [5, 5.41) is 0. The molecule has 1 aromatic rings. The summed E-state index contributed by atoms with van der Waals surface area (Å²) >= 11 is 0. The van der Waals surface area contributed by atoms with E-state index in [1.165, 1.54) is 0 Å². The lowest BCUT2D eigenvalue weighted by atomic mass is 9.97. The minimum Gasteiger partial charge on any atom is -0.492 e. The number of fused-ring (bicyclic) bond motifs is 1. The summed E-state index contributed by atoms with van der Waals surface area (Å²) in [4.78, 5) is 23.4. The first-order valence-corrected chi connectivity index (χ1v) is 6.84. The lowest BCUT2D eigenvalue weighted by molar-refractivity contribution is -0.152. The van der Waals surface area contributed by atoms with Crippen molar-refractivity contribution in [1.82, 2.24) is 0 Å². The molecular formula is C16H20O4. The predicted molar refractivity (Wildman–Crippen MR) is 75.0 cm³/mol. The molecule has 0 aromatic heterocycles. The Hall–Kier alpha value is -1.84. The predicted octanol–water partition coefficient (Wildman–Crippen LogP) is 2.78. The lowest BCUT2D eigenvalue weighted by Crippen LogP contribution is -2.23. The SMILES string of the molecule is CC(C)(C)C(=O)OCCc1ccc2c(c1)C(=O)CCO2. The first-order chi connectivity index (χ1) is 9.38. The van der Waals surface area contributed by atoms with Crippen molar-refractivity contribution in [1.29, 1.82) is 0 Å². The van der Waals surface area contributed by atoms with Crippen LogP contribution in [-0.2, 0) is 16.0 Å². The van der Waals surface area contributed by atoms with E-state index in [-0.39, 0.29) is 11.8 Å². The molecule has 0 spiro atoms. The summed E-state index contributed by atoms with van der Waals surface area (Å²) in [6.07, 6.45) is 1.03. The van der Waals surface area contributed by atoms with E-state index in [4.69, 9.17) is 9.47 Å². The van der Waals surface area contributed by atoms with Crippen LogP contribution in [0.5, 0.6) is 5.75 Å². The van der Waals surface area contributed by atoms with E-state index in [1.807, 2.05) is 39.0 Å². The first kappa shape index (κ1) is 14.6. The number of hydrogen-bond acceptors (Lipinski definition) is 4. The molecule has 0 unspecified atom stereocenters. The molecule has 0 saturated heterocycles. The minimum atomic E-state index is -0.486. The average molecular weight is 276 g/mol. The summed E-state index contributed by atoms with van der Waals surface area (Å²) in [6.45, 7) is 6.25. The molecule has 4 heteroatoms. The van der Waals surface area contributed by atoms with Gasteiger partial charge >= 0.3 is 5.97 Å². The maximum atomic E-state index is 11.8. The van der Waals surface area contributed by atoms with Gasteiger partial charge in [-0.05, 0) is 38.5 Å². The van der Waals surface area contributed by atoms with Crippen molar-refractivity contribution >= 4 is 11.8 Å². The molecule has 0 radical (unpaired) electrons. The van der Waals surface area contributed by atoms with Gasteiger partial charge in [-0.15, -0.1) is 0 Å².